The van der Waals surface area contributed by atoms with Crippen LogP contribution in [-0.2, 0) is 42.2 Å². The fraction of sp³-hybridized carbons (Fsp3) is 0.654. The second kappa shape index (κ2) is 35.2. The molecule has 0 atom stereocenters. The number of hydrogen-bond donors (Lipinski definition) is 0. The summed E-state index contributed by atoms with van der Waals surface area (Å²) in [6.07, 6.45) is 35.2. The summed E-state index contributed by atoms with van der Waals surface area (Å²) < 4.78 is 1.55. The van der Waals surface area contributed by atoms with Crippen LogP contribution in [0.25, 0.3) is 16.9 Å². The molecule has 0 N–H and O–H groups in total. The Morgan fingerprint density at radius 2 is 0.764 bits per heavy atom. The smallest absolute Gasteiger partial charge is 0.493 e. The van der Waals surface area contributed by atoms with Gasteiger partial charge in [0.1, 0.15) is 0 Å². The van der Waals surface area contributed by atoms with E-state index < -0.39 is 0 Å². The zero-order valence-electron chi connectivity index (χ0n) is 37.3. The molecule has 55 heavy (non-hydrogen) atoms. The molecule has 0 bridgehead atoms. The minimum absolute atomic E-state index is 0. The number of nitrogens with zero attached hydrogens (tertiary/aromatic N) is 2. The third-order valence-corrected chi connectivity index (χ3v) is 10.5. The maximum atomic E-state index is 11.9. The largest absolute Gasteiger partial charge is 2.00 e. The molecule has 2 aromatic carbocycles. The summed E-state index contributed by atoms with van der Waals surface area (Å²) in [7, 11) is 0. The third kappa shape index (κ3) is 22.5. The van der Waals surface area contributed by atoms with E-state index in [1.165, 1.54) is 155 Å². The first-order valence-corrected chi connectivity index (χ1v) is 23.2. The predicted octanol–water partition coefficient (Wildman–Crippen LogP) is 17.4. The summed E-state index contributed by atoms with van der Waals surface area (Å²) >= 11 is 0. The fourth-order valence-electron chi connectivity index (χ4n) is 7.14. The van der Waals surface area contributed by atoms with E-state index in [0.717, 1.165) is 69.2 Å². The molecule has 0 unspecified atom stereocenters. The monoisotopic (exact) mass is 797 g/mol. The molecule has 0 aromatic heterocycles. The van der Waals surface area contributed by atoms with Gasteiger partial charge in [-0.3, -0.25) is 0 Å². The molecule has 0 amide bonds. The van der Waals surface area contributed by atoms with Gasteiger partial charge in [0.05, 0.1) is 0 Å². The van der Waals surface area contributed by atoms with Gasteiger partial charge in [-0.25, -0.2) is 4.70 Å². The van der Waals surface area contributed by atoms with E-state index in [0.29, 0.717) is 0 Å². The van der Waals surface area contributed by atoms with Crippen LogP contribution in [0.4, 0.5) is 0 Å². The van der Waals surface area contributed by atoms with E-state index in [-0.39, 0.29) is 16.5 Å². The van der Waals surface area contributed by atoms with Gasteiger partial charge >= 0.3 is 16.5 Å². The summed E-state index contributed by atoms with van der Waals surface area (Å²) in [5.41, 5.74) is 23.2. The van der Waals surface area contributed by atoms with Gasteiger partial charge in [-0.2, -0.15) is 12.8 Å². The molecule has 2 aromatic rings. The van der Waals surface area contributed by atoms with Crippen LogP contribution in [0.2, 0.25) is 0 Å². The normalized spacial score (nSPS) is 12.2. The van der Waals surface area contributed by atoms with E-state index in [2.05, 4.69) is 105 Å². The Balaban J connectivity index is 0.00000194. The molecule has 0 fully saturated rings. The van der Waals surface area contributed by atoms with E-state index in [1.807, 2.05) is 0 Å². The summed E-state index contributed by atoms with van der Waals surface area (Å²) in [6, 6.07) is 14.3. The van der Waals surface area contributed by atoms with Crippen molar-refractivity contribution in [1.82, 2.24) is 0 Å². The average molecular weight is 798 g/mol. The second-order valence-electron chi connectivity index (χ2n) is 15.8. The zero-order valence-corrected chi connectivity index (χ0v) is 38.2. The Kier molecular flexibility index (Phi) is 33.9. The number of aryl methyl sites for hydroxylation is 4. The van der Waals surface area contributed by atoms with E-state index in [9.17, 15) is 5.53 Å². The van der Waals surface area contributed by atoms with Crippen LogP contribution in [0.1, 0.15) is 230 Å². The van der Waals surface area contributed by atoms with Crippen LogP contribution >= 0.6 is 0 Å². The molecule has 1 aliphatic heterocycles. The summed E-state index contributed by atoms with van der Waals surface area (Å²) in [5.74, 6) is 0. The van der Waals surface area contributed by atoms with Crippen molar-refractivity contribution in [2.45, 2.75) is 222 Å². The second-order valence-corrected chi connectivity index (χ2v) is 15.8. The van der Waals surface area contributed by atoms with Crippen molar-refractivity contribution in [2.75, 3.05) is 0 Å². The summed E-state index contributed by atoms with van der Waals surface area (Å²) in [6.45, 7) is 23.2. The average Bonchev–Trinajstić information content (AvgIpc) is 3.52. The molecule has 1 heterocycles. The molecule has 0 radical (unpaired) electrons. The van der Waals surface area contributed by atoms with Crippen molar-refractivity contribution >= 4 is 11.4 Å². The Morgan fingerprint density at radius 1 is 0.418 bits per heavy atom. The van der Waals surface area contributed by atoms with Gasteiger partial charge in [0.2, 0.25) is 11.4 Å². The van der Waals surface area contributed by atoms with Gasteiger partial charge in [-0.15, -0.1) is 0 Å². The Hall–Kier alpha value is -1.99. The SMILES string of the molecule is CCCCCCc1cc(CCCC)cc(C2=CC(CCCC)=C(c3cc(CCCC)cc(CCCCCC)c3)[N+]2=[N-])c1.[CH2-]CCCCC.[CH2-]CCCCC.[Ni+2]. The summed E-state index contributed by atoms with van der Waals surface area (Å²) in [4.78, 5) is 0. The van der Waals surface area contributed by atoms with Crippen LogP contribution < -0.4 is 0 Å². The maximum absolute atomic E-state index is 11.9. The number of rotatable bonds is 27. The fourth-order valence-corrected chi connectivity index (χ4v) is 7.14. The van der Waals surface area contributed by atoms with E-state index >= 15 is 0 Å². The predicted molar refractivity (Wildman–Crippen MR) is 243 cm³/mol. The van der Waals surface area contributed by atoms with E-state index in [4.69, 9.17) is 0 Å². The molecule has 0 saturated heterocycles. The van der Waals surface area contributed by atoms with Crippen LogP contribution in [0, 0.1) is 13.8 Å². The number of hydrogen-bond acceptors (Lipinski definition) is 0. The van der Waals surface area contributed by atoms with Gasteiger partial charge in [-0.05, 0) is 111 Å². The molecule has 3 rings (SSSR count). The van der Waals surface area contributed by atoms with Crippen molar-refractivity contribution < 1.29 is 21.2 Å². The molecule has 0 spiro atoms. The van der Waals surface area contributed by atoms with E-state index in [1.54, 1.807) is 4.70 Å². The Bertz CT molecular complexity index is 1300. The molecule has 0 saturated carbocycles. The van der Waals surface area contributed by atoms with Crippen LogP contribution in [-0.4, -0.2) is 4.70 Å². The van der Waals surface area contributed by atoms with Gasteiger partial charge < -0.3 is 19.4 Å². The number of allylic oxidation sites excluding steroid dienone is 2. The van der Waals surface area contributed by atoms with Crippen molar-refractivity contribution in [2.24, 2.45) is 0 Å². The van der Waals surface area contributed by atoms with Crippen molar-refractivity contribution in [3.63, 3.8) is 0 Å². The third-order valence-electron chi connectivity index (χ3n) is 10.5. The Morgan fingerprint density at radius 3 is 1.13 bits per heavy atom. The Labute approximate surface area is 353 Å². The quantitative estimate of drug-likeness (QED) is 0.0372. The molecular formula is C52H86N2Ni. The summed E-state index contributed by atoms with van der Waals surface area (Å²) in [5, 5.41) is 0. The number of benzene rings is 2. The zero-order chi connectivity index (χ0) is 39.8. The minimum Gasteiger partial charge on any atom is -0.493 e. The molecule has 3 heteroatoms. The van der Waals surface area contributed by atoms with Gasteiger partial charge in [0.25, 0.3) is 0 Å². The molecular weight excluding hydrogens is 711 g/mol. The molecule has 314 valence electrons. The first kappa shape index (κ1) is 53.0. The van der Waals surface area contributed by atoms with Gasteiger partial charge in [0, 0.05) is 22.8 Å². The van der Waals surface area contributed by atoms with Crippen molar-refractivity contribution in [1.29, 1.82) is 0 Å². The first-order chi connectivity index (χ1) is 26.4. The topological polar surface area (TPSA) is 25.3 Å². The first-order valence-electron chi connectivity index (χ1n) is 23.2. The van der Waals surface area contributed by atoms with Gasteiger partial charge in [-0.1, -0.05) is 157 Å². The molecule has 0 aliphatic carbocycles. The minimum atomic E-state index is 0. The van der Waals surface area contributed by atoms with Crippen molar-refractivity contribution in [3.05, 3.63) is 101 Å². The standard InChI is InChI=1S/C40H60N2.2C6H13.Ni/c1-6-11-16-18-22-34-25-32(20-13-8-3)27-37(28-34)39-31-36(24-15-10-5)40(42(39)41)38-29-33(21-14-9-4)26-35(30-38)23-19-17-12-7-2;2*1-3-5-6-4-2;/h25-31H,6-24H2,1-5H3;2*1,3-6H2,2H3;/q;2*-1;+2. The maximum Gasteiger partial charge on any atom is 2.00 e. The van der Waals surface area contributed by atoms with Gasteiger partial charge in [0.15, 0.2) is 0 Å². The number of unbranched alkanes of at least 4 members (excludes halogenated alkanes) is 15. The molecule has 2 nitrogen and oxygen atoms in total. The van der Waals surface area contributed by atoms with Crippen molar-refractivity contribution in [3.8, 4) is 0 Å². The molecule has 1 aliphatic rings. The van der Waals surface area contributed by atoms with Crippen LogP contribution in [0.5, 0.6) is 0 Å². The van der Waals surface area contributed by atoms with Crippen LogP contribution in [0.15, 0.2) is 48.0 Å². The van der Waals surface area contributed by atoms with Crippen LogP contribution in [0.3, 0.4) is 0 Å².